The van der Waals surface area contributed by atoms with Crippen molar-refractivity contribution >= 4 is 10.0 Å². The van der Waals surface area contributed by atoms with Crippen LogP contribution in [0.5, 0.6) is 0 Å². The van der Waals surface area contributed by atoms with Gasteiger partial charge < -0.3 is 4.52 Å². The third-order valence-electron chi connectivity index (χ3n) is 4.79. The quantitative estimate of drug-likeness (QED) is 0.488. The van der Waals surface area contributed by atoms with Crippen LogP contribution >= 0.6 is 0 Å². The first kappa shape index (κ1) is 20.8. The summed E-state index contributed by atoms with van der Waals surface area (Å²) in [5.41, 5.74) is 2.59. The summed E-state index contributed by atoms with van der Waals surface area (Å²) in [5.74, 6) is -1.27. The minimum absolute atomic E-state index is 0.0215. The Kier molecular flexibility index (Phi) is 5.38. The molecule has 0 amide bonds. The molecule has 0 aliphatic carbocycles. The molecule has 4 rings (SSSR count). The van der Waals surface area contributed by atoms with Gasteiger partial charge in [-0.15, -0.1) is 0 Å². The average Bonchev–Trinajstić information content (AvgIpc) is 3.35. The molecule has 8 nitrogen and oxygen atoms in total. The van der Waals surface area contributed by atoms with Crippen LogP contribution in [0.25, 0.3) is 22.8 Å². The fourth-order valence-electron chi connectivity index (χ4n) is 3.14. The van der Waals surface area contributed by atoms with Crippen molar-refractivity contribution in [1.82, 2.24) is 19.9 Å². The van der Waals surface area contributed by atoms with Crippen LogP contribution in [-0.4, -0.2) is 28.3 Å². The van der Waals surface area contributed by atoms with Crippen molar-refractivity contribution in [2.75, 3.05) is 0 Å². The lowest BCUT2D eigenvalue weighted by Crippen LogP contribution is -2.11. The molecule has 2 aromatic heterocycles. The highest BCUT2D eigenvalue weighted by atomic mass is 32.2. The van der Waals surface area contributed by atoms with Crippen molar-refractivity contribution < 1.29 is 21.7 Å². The van der Waals surface area contributed by atoms with Crippen LogP contribution in [0.2, 0.25) is 0 Å². The van der Waals surface area contributed by atoms with Crippen LogP contribution in [0.1, 0.15) is 11.3 Å². The molecule has 0 fully saturated rings. The van der Waals surface area contributed by atoms with E-state index in [1.54, 1.807) is 17.9 Å². The van der Waals surface area contributed by atoms with Crippen molar-refractivity contribution in [2.45, 2.75) is 17.7 Å². The Morgan fingerprint density at radius 1 is 1.06 bits per heavy atom. The van der Waals surface area contributed by atoms with E-state index >= 15 is 0 Å². The zero-order valence-electron chi connectivity index (χ0n) is 16.3. The standard InChI is InChI=1S/C20H17F2N5O3S/c1-27-18(9-3-12-2-8-16(21)17(22)10-12)15(11-24-27)20-25-19(26-30-20)13-4-6-14(7-5-13)31(23,28)29/h2,4-8,10-11H,3,9H2,1H3,(H2,23,28,29). The SMILES string of the molecule is Cn1ncc(-c2nc(-c3ccc(S(N)(=O)=O)cc3)no2)c1CCc1ccc(F)c(F)c1. The molecule has 2 N–H and O–H groups in total. The predicted molar refractivity (Wildman–Crippen MR) is 107 cm³/mol. The molecule has 0 spiro atoms. The Morgan fingerprint density at radius 2 is 1.81 bits per heavy atom. The van der Waals surface area contributed by atoms with Gasteiger partial charge in [-0.3, -0.25) is 4.68 Å². The van der Waals surface area contributed by atoms with Gasteiger partial charge in [0.25, 0.3) is 5.89 Å². The number of nitrogens with zero attached hydrogens (tertiary/aromatic N) is 4. The van der Waals surface area contributed by atoms with Crippen LogP contribution < -0.4 is 5.14 Å². The van der Waals surface area contributed by atoms with E-state index in [1.807, 2.05) is 0 Å². The second-order valence-corrected chi connectivity index (χ2v) is 8.43. The number of sulfonamides is 1. The van der Waals surface area contributed by atoms with Crippen molar-refractivity contribution in [3.05, 3.63) is 71.6 Å². The lowest BCUT2D eigenvalue weighted by Gasteiger charge is -2.05. The van der Waals surface area contributed by atoms with E-state index in [2.05, 4.69) is 15.2 Å². The summed E-state index contributed by atoms with van der Waals surface area (Å²) in [4.78, 5) is 4.35. The van der Waals surface area contributed by atoms with Gasteiger partial charge in [-0.1, -0.05) is 11.2 Å². The molecule has 0 radical (unpaired) electrons. The Morgan fingerprint density at radius 3 is 2.48 bits per heavy atom. The van der Waals surface area contributed by atoms with Crippen molar-refractivity contribution in [3.63, 3.8) is 0 Å². The zero-order chi connectivity index (χ0) is 22.2. The maximum absolute atomic E-state index is 13.5. The first-order valence-corrected chi connectivity index (χ1v) is 10.7. The van der Waals surface area contributed by atoms with Gasteiger partial charge in [0.1, 0.15) is 0 Å². The van der Waals surface area contributed by atoms with Crippen LogP contribution in [-0.2, 0) is 29.9 Å². The highest BCUT2D eigenvalue weighted by Crippen LogP contribution is 2.26. The van der Waals surface area contributed by atoms with E-state index < -0.39 is 21.7 Å². The molecule has 0 unspecified atom stereocenters. The van der Waals surface area contributed by atoms with Crippen molar-refractivity contribution in [1.29, 1.82) is 0 Å². The third-order valence-corrected chi connectivity index (χ3v) is 5.72. The fourth-order valence-corrected chi connectivity index (χ4v) is 3.66. The molecule has 11 heteroatoms. The van der Waals surface area contributed by atoms with Crippen LogP contribution in [0, 0.1) is 11.6 Å². The molecular formula is C20H17F2N5O3S. The number of rotatable bonds is 6. The van der Waals surface area contributed by atoms with E-state index in [0.29, 0.717) is 29.5 Å². The van der Waals surface area contributed by atoms with Gasteiger partial charge >= 0.3 is 0 Å². The molecule has 4 aromatic rings. The molecular weight excluding hydrogens is 428 g/mol. The highest BCUT2D eigenvalue weighted by molar-refractivity contribution is 7.89. The van der Waals surface area contributed by atoms with Gasteiger partial charge in [-0.2, -0.15) is 10.1 Å². The maximum Gasteiger partial charge on any atom is 0.261 e. The van der Waals surface area contributed by atoms with Crippen LogP contribution in [0.15, 0.2) is 58.1 Å². The molecule has 31 heavy (non-hydrogen) atoms. The first-order valence-electron chi connectivity index (χ1n) is 9.14. The fraction of sp³-hybridized carbons (Fsp3) is 0.150. The van der Waals surface area contributed by atoms with Gasteiger partial charge in [0.15, 0.2) is 11.6 Å². The molecule has 2 heterocycles. The maximum atomic E-state index is 13.5. The Balaban J connectivity index is 1.57. The summed E-state index contributed by atoms with van der Waals surface area (Å²) in [5, 5.41) is 13.3. The molecule has 0 aliphatic heterocycles. The summed E-state index contributed by atoms with van der Waals surface area (Å²) < 4.78 is 56.4. The molecule has 0 saturated carbocycles. The summed E-state index contributed by atoms with van der Waals surface area (Å²) >= 11 is 0. The van der Waals surface area contributed by atoms with Crippen LogP contribution in [0.3, 0.4) is 0 Å². The Labute approximate surface area is 176 Å². The smallest absolute Gasteiger partial charge is 0.261 e. The Bertz CT molecular complexity index is 1350. The summed E-state index contributed by atoms with van der Waals surface area (Å²) in [6, 6.07) is 9.57. The normalized spacial score (nSPS) is 11.7. The molecule has 0 aliphatic rings. The summed E-state index contributed by atoms with van der Waals surface area (Å²) in [6.45, 7) is 0. The molecule has 0 atom stereocenters. The highest BCUT2D eigenvalue weighted by Gasteiger charge is 2.18. The number of primary sulfonamides is 1. The molecule has 0 saturated heterocycles. The lowest BCUT2D eigenvalue weighted by molar-refractivity contribution is 0.432. The van der Waals surface area contributed by atoms with E-state index in [4.69, 9.17) is 9.66 Å². The first-order chi connectivity index (χ1) is 14.7. The molecule has 2 aromatic carbocycles. The van der Waals surface area contributed by atoms with Crippen LogP contribution in [0.4, 0.5) is 8.78 Å². The van der Waals surface area contributed by atoms with E-state index in [9.17, 15) is 17.2 Å². The summed E-state index contributed by atoms with van der Waals surface area (Å²) in [6.07, 6.45) is 2.53. The third kappa shape index (κ3) is 4.37. The van der Waals surface area contributed by atoms with Crippen molar-refractivity contribution in [2.24, 2.45) is 12.2 Å². The number of aromatic nitrogens is 4. The molecule has 160 valence electrons. The van der Waals surface area contributed by atoms with Gasteiger partial charge in [0, 0.05) is 12.6 Å². The minimum Gasteiger partial charge on any atom is -0.333 e. The average molecular weight is 445 g/mol. The van der Waals surface area contributed by atoms with Gasteiger partial charge in [0.05, 0.1) is 22.3 Å². The van der Waals surface area contributed by atoms with E-state index in [1.165, 1.54) is 36.4 Å². The predicted octanol–water partition coefficient (Wildman–Crippen LogP) is 2.85. The van der Waals surface area contributed by atoms with Crippen molar-refractivity contribution in [3.8, 4) is 22.8 Å². The van der Waals surface area contributed by atoms with Gasteiger partial charge in [-0.25, -0.2) is 22.3 Å². The van der Waals surface area contributed by atoms with E-state index in [0.717, 1.165) is 11.8 Å². The van der Waals surface area contributed by atoms with E-state index in [-0.39, 0.29) is 16.6 Å². The number of halogens is 2. The number of hydrogen-bond acceptors (Lipinski definition) is 6. The number of aryl methyl sites for hydroxylation is 2. The van der Waals surface area contributed by atoms with Gasteiger partial charge in [-0.05, 0) is 54.8 Å². The zero-order valence-corrected chi connectivity index (χ0v) is 17.1. The second kappa shape index (κ2) is 8.00. The Hall–Kier alpha value is -3.44. The second-order valence-electron chi connectivity index (χ2n) is 6.87. The monoisotopic (exact) mass is 445 g/mol. The molecule has 0 bridgehead atoms. The number of benzene rings is 2. The summed E-state index contributed by atoms with van der Waals surface area (Å²) in [7, 11) is -2.04. The lowest BCUT2D eigenvalue weighted by atomic mass is 10.1. The topological polar surface area (TPSA) is 117 Å². The van der Waals surface area contributed by atoms with Gasteiger partial charge in [0.2, 0.25) is 15.8 Å². The minimum atomic E-state index is -3.80. The number of nitrogens with two attached hydrogens (primary N) is 1. The number of hydrogen-bond donors (Lipinski definition) is 1. The largest absolute Gasteiger partial charge is 0.333 e.